The van der Waals surface area contributed by atoms with E-state index in [-0.39, 0.29) is 17.1 Å². The average Bonchev–Trinajstić information content (AvgIpc) is 3.29. The van der Waals surface area contributed by atoms with Gasteiger partial charge in [0, 0.05) is 18.5 Å². The summed E-state index contributed by atoms with van der Waals surface area (Å²) in [6.45, 7) is 8.02. The number of aromatic nitrogens is 1. The first kappa shape index (κ1) is 23.1. The molecule has 6 nitrogen and oxygen atoms in total. The molecular weight excluding hydrogens is 420 g/mol. The van der Waals surface area contributed by atoms with Crippen LogP contribution in [0.5, 0.6) is 0 Å². The Morgan fingerprint density at radius 2 is 1.75 bits per heavy atom. The number of nitrogens with zero attached hydrogens (tertiary/aromatic N) is 3. The molecule has 2 fully saturated rings. The zero-order chi connectivity index (χ0) is 22.4. The van der Waals surface area contributed by atoms with Crippen molar-refractivity contribution in [3.8, 4) is 0 Å². The summed E-state index contributed by atoms with van der Waals surface area (Å²) in [5, 5.41) is 5.84. The van der Waals surface area contributed by atoms with Gasteiger partial charge in [-0.2, -0.15) is 0 Å². The molecule has 0 atom stereocenters. The van der Waals surface area contributed by atoms with Gasteiger partial charge in [0.25, 0.3) is 5.91 Å². The van der Waals surface area contributed by atoms with E-state index in [0.717, 1.165) is 62.7 Å². The topological polar surface area (TPSA) is 65.5 Å². The SMILES string of the molecule is CC(=O)C1(c2ccccc2)CCN(Cc2nc(C(=O)NCCN3CCCCC3)cs2)CC1. The monoisotopic (exact) mass is 454 g/mol. The zero-order valence-electron chi connectivity index (χ0n) is 19.0. The van der Waals surface area contributed by atoms with Crippen LogP contribution >= 0.6 is 11.3 Å². The van der Waals surface area contributed by atoms with E-state index in [1.54, 1.807) is 18.3 Å². The smallest absolute Gasteiger partial charge is 0.270 e. The van der Waals surface area contributed by atoms with Gasteiger partial charge in [-0.1, -0.05) is 36.8 Å². The molecule has 172 valence electrons. The number of ketones is 1. The fraction of sp³-hybridized carbons (Fsp3) is 0.560. The van der Waals surface area contributed by atoms with Gasteiger partial charge in [-0.25, -0.2) is 4.98 Å². The van der Waals surface area contributed by atoms with Crippen molar-refractivity contribution in [3.63, 3.8) is 0 Å². The van der Waals surface area contributed by atoms with Gasteiger partial charge >= 0.3 is 0 Å². The van der Waals surface area contributed by atoms with Crippen molar-refractivity contribution in [1.29, 1.82) is 0 Å². The van der Waals surface area contributed by atoms with Crippen LogP contribution in [-0.2, 0) is 16.8 Å². The molecular formula is C25H34N4O2S. The first-order valence-electron chi connectivity index (χ1n) is 11.8. The highest BCUT2D eigenvalue weighted by atomic mass is 32.1. The number of nitrogens with one attached hydrogen (secondary N) is 1. The number of thiazole rings is 1. The van der Waals surface area contributed by atoms with Crippen LogP contribution in [-0.4, -0.2) is 65.7 Å². The summed E-state index contributed by atoms with van der Waals surface area (Å²) >= 11 is 1.54. The minimum atomic E-state index is -0.375. The number of Topliss-reactive ketones (excluding diaryl/α,β-unsaturated/α-hetero) is 1. The second-order valence-electron chi connectivity index (χ2n) is 9.07. The number of rotatable bonds is 8. The molecule has 32 heavy (non-hydrogen) atoms. The number of hydrogen-bond donors (Lipinski definition) is 1. The maximum Gasteiger partial charge on any atom is 0.270 e. The van der Waals surface area contributed by atoms with Crippen LogP contribution in [0.15, 0.2) is 35.7 Å². The second-order valence-corrected chi connectivity index (χ2v) is 10.0. The van der Waals surface area contributed by atoms with Crippen LogP contribution in [0.3, 0.4) is 0 Å². The lowest BCUT2D eigenvalue weighted by atomic mass is 9.70. The fourth-order valence-corrected chi connectivity index (χ4v) is 5.79. The van der Waals surface area contributed by atoms with Crippen LogP contribution in [0.2, 0.25) is 0 Å². The van der Waals surface area contributed by atoms with E-state index >= 15 is 0 Å². The summed E-state index contributed by atoms with van der Waals surface area (Å²) in [7, 11) is 0. The molecule has 4 rings (SSSR count). The standard InChI is InChI=1S/C25H34N4O2S/c1-20(30)25(21-8-4-2-5-9-21)10-15-29(16-11-25)18-23-27-22(19-32-23)24(31)26-12-17-28-13-6-3-7-14-28/h2,4-5,8-9,19H,3,6-7,10-18H2,1H3,(H,26,31). The van der Waals surface area contributed by atoms with Gasteiger partial charge in [-0.05, 0) is 64.3 Å². The maximum absolute atomic E-state index is 12.6. The lowest BCUT2D eigenvalue weighted by molar-refractivity contribution is -0.124. The van der Waals surface area contributed by atoms with Gasteiger partial charge in [-0.3, -0.25) is 14.5 Å². The summed E-state index contributed by atoms with van der Waals surface area (Å²) in [5.41, 5.74) is 1.27. The summed E-state index contributed by atoms with van der Waals surface area (Å²) < 4.78 is 0. The Balaban J connectivity index is 1.27. The van der Waals surface area contributed by atoms with E-state index in [0.29, 0.717) is 12.2 Å². The van der Waals surface area contributed by atoms with Crippen molar-refractivity contribution in [2.75, 3.05) is 39.3 Å². The number of carbonyl (C=O) groups excluding carboxylic acids is 2. The lowest BCUT2D eigenvalue weighted by Gasteiger charge is -2.40. The molecule has 0 spiro atoms. The Kier molecular flexibility index (Phi) is 7.71. The summed E-state index contributed by atoms with van der Waals surface area (Å²) in [6, 6.07) is 10.2. The number of likely N-dealkylation sites (tertiary alicyclic amines) is 2. The Bertz CT molecular complexity index is 900. The maximum atomic E-state index is 12.6. The van der Waals surface area contributed by atoms with Crippen molar-refractivity contribution in [2.24, 2.45) is 0 Å². The third kappa shape index (κ3) is 5.45. The molecule has 0 bridgehead atoms. The molecule has 2 aliphatic rings. The molecule has 0 aliphatic carbocycles. The van der Waals surface area contributed by atoms with E-state index in [2.05, 4.69) is 32.2 Å². The van der Waals surface area contributed by atoms with Gasteiger partial charge in [0.2, 0.25) is 0 Å². The van der Waals surface area contributed by atoms with Gasteiger partial charge in [-0.15, -0.1) is 11.3 Å². The Hall–Kier alpha value is -2.09. The van der Waals surface area contributed by atoms with Crippen molar-refractivity contribution >= 4 is 23.0 Å². The molecule has 0 radical (unpaired) electrons. The van der Waals surface area contributed by atoms with Crippen molar-refractivity contribution in [3.05, 3.63) is 52.0 Å². The Morgan fingerprint density at radius 3 is 2.44 bits per heavy atom. The molecule has 2 aliphatic heterocycles. The van der Waals surface area contributed by atoms with Gasteiger partial charge in [0.1, 0.15) is 16.5 Å². The summed E-state index contributed by atoms with van der Waals surface area (Å²) in [4.78, 5) is 34.4. The predicted octanol–water partition coefficient (Wildman–Crippen LogP) is 3.48. The third-order valence-electron chi connectivity index (χ3n) is 7.02. The van der Waals surface area contributed by atoms with E-state index in [4.69, 9.17) is 0 Å². The Morgan fingerprint density at radius 1 is 1.03 bits per heavy atom. The first-order chi connectivity index (χ1) is 15.6. The average molecular weight is 455 g/mol. The third-order valence-corrected chi connectivity index (χ3v) is 7.85. The minimum Gasteiger partial charge on any atom is -0.349 e. The molecule has 2 aromatic rings. The first-order valence-corrected chi connectivity index (χ1v) is 12.7. The van der Waals surface area contributed by atoms with Crippen LogP contribution in [0, 0.1) is 0 Å². The largest absolute Gasteiger partial charge is 0.349 e. The normalized spacial score (nSPS) is 19.5. The fourth-order valence-electron chi connectivity index (χ4n) is 4.97. The Labute approximate surface area is 195 Å². The van der Waals surface area contributed by atoms with Crippen LogP contribution in [0.1, 0.15) is 60.1 Å². The lowest BCUT2D eigenvalue weighted by Crippen LogP contribution is -2.46. The molecule has 7 heteroatoms. The molecule has 1 amide bonds. The molecule has 2 saturated heterocycles. The number of amides is 1. The molecule has 3 heterocycles. The van der Waals surface area contributed by atoms with Crippen LogP contribution < -0.4 is 5.32 Å². The minimum absolute atomic E-state index is 0.0807. The molecule has 1 aromatic heterocycles. The number of benzene rings is 1. The van der Waals surface area contributed by atoms with Gasteiger partial charge in [0.15, 0.2) is 0 Å². The molecule has 0 unspecified atom stereocenters. The number of piperidine rings is 2. The van der Waals surface area contributed by atoms with Crippen LogP contribution in [0.4, 0.5) is 0 Å². The molecule has 1 aromatic carbocycles. The predicted molar refractivity (Wildman–Crippen MR) is 128 cm³/mol. The molecule has 0 saturated carbocycles. The highest BCUT2D eigenvalue weighted by Crippen LogP contribution is 2.37. The van der Waals surface area contributed by atoms with E-state index in [1.165, 1.54) is 19.3 Å². The van der Waals surface area contributed by atoms with Crippen molar-refractivity contribution in [2.45, 2.75) is 51.0 Å². The highest BCUT2D eigenvalue weighted by Gasteiger charge is 2.40. The van der Waals surface area contributed by atoms with E-state index in [9.17, 15) is 9.59 Å². The molecule has 1 N–H and O–H groups in total. The highest BCUT2D eigenvalue weighted by molar-refractivity contribution is 7.09. The van der Waals surface area contributed by atoms with Crippen molar-refractivity contribution < 1.29 is 9.59 Å². The van der Waals surface area contributed by atoms with Gasteiger partial charge in [0.05, 0.1) is 12.0 Å². The summed E-state index contributed by atoms with van der Waals surface area (Å²) in [5.74, 6) is 0.170. The quantitative estimate of drug-likeness (QED) is 0.662. The van der Waals surface area contributed by atoms with E-state index in [1.807, 2.05) is 23.6 Å². The van der Waals surface area contributed by atoms with Gasteiger partial charge < -0.3 is 10.2 Å². The van der Waals surface area contributed by atoms with Crippen molar-refractivity contribution in [1.82, 2.24) is 20.1 Å². The summed E-state index contributed by atoms with van der Waals surface area (Å²) in [6.07, 6.45) is 5.49. The zero-order valence-corrected chi connectivity index (χ0v) is 19.8. The number of carbonyl (C=O) groups is 2. The van der Waals surface area contributed by atoms with Crippen LogP contribution in [0.25, 0.3) is 0 Å². The second kappa shape index (κ2) is 10.7. The number of hydrogen-bond acceptors (Lipinski definition) is 6. The van der Waals surface area contributed by atoms with E-state index < -0.39 is 0 Å².